The highest BCUT2D eigenvalue weighted by molar-refractivity contribution is 5.53. The summed E-state index contributed by atoms with van der Waals surface area (Å²) in [5, 5.41) is 0. The first kappa shape index (κ1) is 13.9. The van der Waals surface area contributed by atoms with Crippen molar-refractivity contribution in [3.63, 3.8) is 0 Å². The summed E-state index contributed by atoms with van der Waals surface area (Å²) in [7, 11) is 2.05. The Balaban J connectivity index is 2.05. The summed E-state index contributed by atoms with van der Waals surface area (Å²) in [5.41, 5.74) is 1.37. The minimum absolute atomic E-state index is 0.610. The molecule has 0 saturated carbocycles. The van der Waals surface area contributed by atoms with E-state index in [2.05, 4.69) is 18.0 Å². The molecule has 4 heteroatoms. The number of nitrogens with zero attached hydrogens (tertiary/aromatic N) is 1. The molecule has 0 radical (unpaired) electrons. The Hall–Kier alpha value is -1.55. The third-order valence-electron chi connectivity index (χ3n) is 3.10. The highest BCUT2D eigenvalue weighted by atomic mass is 19.4. The van der Waals surface area contributed by atoms with Crippen LogP contribution in [0, 0.1) is 0 Å². The Kier molecular flexibility index (Phi) is 4.10. The molecule has 0 unspecified atom stereocenters. The lowest BCUT2D eigenvalue weighted by molar-refractivity contribution is -0.137. The van der Waals surface area contributed by atoms with Gasteiger partial charge in [-0.2, -0.15) is 13.2 Å². The van der Waals surface area contributed by atoms with Crippen LogP contribution >= 0.6 is 0 Å². The standard InChI is InChI=1S/C15H16F3N/c1-19-10-2-3-13(11-19)5-4-12-6-8-14(9-7-12)15(16,17)18/h3-9H,2,10-11H2,1H3. The molecule has 1 aliphatic heterocycles. The van der Waals surface area contributed by atoms with E-state index in [1.54, 1.807) is 0 Å². The molecule has 2 rings (SSSR count). The summed E-state index contributed by atoms with van der Waals surface area (Å²) in [4.78, 5) is 2.21. The zero-order valence-electron chi connectivity index (χ0n) is 10.7. The van der Waals surface area contributed by atoms with Crippen LogP contribution in [-0.4, -0.2) is 25.0 Å². The average molecular weight is 267 g/mol. The lowest BCUT2D eigenvalue weighted by atomic mass is 10.1. The second-order valence-corrected chi connectivity index (χ2v) is 4.76. The molecule has 0 bridgehead atoms. The Morgan fingerprint density at radius 2 is 1.79 bits per heavy atom. The van der Waals surface area contributed by atoms with Gasteiger partial charge < -0.3 is 4.90 Å². The fourth-order valence-electron chi connectivity index (χ4n) is 2.03. The Bertz CT molecular complexity index is 483. The summed E-state index contributed by atoms with van der Waals surface area (Å²) in [6.45, 7) is 1.94. The molecule has 0 fully saturated rings. The second kappa shape index (κ2) is 5.61. The van der Waals surface area contributed by atoms with E-state index >= 15 is 0 Å². The summed E-state index contributed by atoms with van der Waals surface area (Å²) < 4.78 is 37.2. The molecular formula is C15H16F3N. The van der Waals surface area contributed by atoms with Crippen LogP contribution in [0.4, 0.5) is 13.2 Å². The molecule has 1 aromatic rings. The third kappa shape index (κ3) is 3.96. The van der Waals surface area contributed by atoms with E-state index in [1.165, 1.54) is 17.7 Å². The van der Waals surface area contributed by atoms with Gasteiger partial charge in [-0.15, -0.1) is 0 Å². The molecular weight excluding hydrogens is 251 g/mol. The van der Waals surface area contributed by atoms with Crippen LogP contribution in [0.3, 0.4) is 0 Å². The largest absolute Gasteiger partial charge is 0.416 e. The smallest absolute Gasteiger partial charge is 0.302 e. The molecule has 0 atom stereocenters. The molecule has 0 aromatic heterocycles. The number of hydrogen-bond donors (Lipinski definition) is 0. The number of rotatable bonds is 2. The van der Waals surface area contributed by atoms with Crippen LogP contribution in [0.25, 0.3) is 6.08 Å². The van der Waals surface area contributed by atoms with Crippen LogP contribution in [0.5, 0.6) is 0 Å². The molecule has 0 amide bonds. The van der Waals surface area contributed by atoms with Gasteiger partial charge in [-0.1, -0.05) is 30.4 Å². The van der Waals surface area contributed by atoms with E-state index in [-0.39, 0.29) is 0 Å². The van der Waals surface area contributed by atoms with E-state index in [9.17, 15) is 13.2 Å². The number of alkyl halides is 3. The van der Waals surface area contributed by atoms with Gasteiger partial charge in [0.2, 0.25) is 0 Å². The Morgan fingerprint density at radius 1 is 1.11 bits per heavy atom. The van der Waals surface area contributed by atoms with Gasteiger partial charge in [0, 0.05) is 13.1 Å². The molecule has 1 aliphatic rings. The van der Waals surface area contributed by atoms with Crippen molar-refractivity contribution < 1.29 is 13.2 Å². The van der Waals surface area contributed by atoms with Crippen LogP contribution in [-0.2, 0) is 6.18 Å². The summed E-state index contributed by atoms with van der Waals surface area (Å²) in [6, 6.07) is 5.21. The number of halogens is 3. The van der Waals surface area contributed by atoms with Crippen molar-refractivity contribution in [1.82, 2.24) is 4.90 Å². The van der Waals surface area contributed by atoms with Crippen LogP contribution in [0.1, 0.15) is 17.5 Å². The molecule has 0 saturated heterocycles. The van der Waals surface area contributed by atoms with Crippen LogP contribution in [0.15, 0.2) is 42.0 Å². The minimum atomic E-state index is -4.27. The Labute approximate surface area is 111 Å². The first-order valence-corrected chi connectivity index (χ1v) is 6.18. The van der Waals surface area contributed by atoms with Crippen molar-refractivity contribution in [3.8, 4) is 0 Å². The lowest BCUT2D eigenvalue weighted by Gasteiger charge is -2.20. The third-order valence-corrected chi connectivity index (χ3v) is 3.10. The number of benzene rings is 1. The van der Waals surface area contributed by atoms with E-state index in [0.29, 0.717) is 0 Å². The highest BCUT2D eigenvalue weighted by Gasteiger charge is 2.29. The first-order chi connectivity index (χ1) is 8.95. The van der Waals surface area contributed by atoms with Crippen LogP contribution in [0.2, 0.25) is 0 Å². The zero-order chi connectivity index (χ0) is 13.9. The maximum absolute atomic E-state index is 12.4. The predicted octanol–water partition coefficient (Wildman–Crippen LogP) is 3.98. The maximum atomic E-state index is 12.4. The summed E-state index contributed by atoms with van der Waals surface area (Å²) in [5.74, 6) is 0. The first-order valence-electron chi connectivity index (χ1n) is 6.18. The fraction of sp³-hybridized carbons (Fsp3) is 0.333. The molecule has 1 aromatic carbocycles. The SMILES string of the molecule is CN1CCC=C(C=Cc2ccc(C(F)(F)F)cc2)C1. The molecule has 19 heavy (non-hydrogen) atoms. The van der Waals surface area contributed by atoms with Gasteiger partial charge in [0.25, 0.3) is 0 Å². The van der Waals surface area contributed by atoms with Crippen molar-refractivity contribution in [2.24, 2.45) is 0 Å². The lowest BCUT2D eigenvalue weighted by Crippen LogP contribution is -2.24. The van der Waals surface area contributed by atoms with Gasteiger partial charge in [-0.05, 0) is 36.7 Å². The van der Waals surface area contributed by atoms with E-state index in [1.807, 2.05) is 12.2 Å². The van der Waals surface area contributed by atoms with Crippen molar-refractivity contribution in [2.45, 2.75) is 12.6 Å². The summed E-state index contributed by atoms with van der Waals surface area (Å²) >= 11 is 0. The molecule has 0 spiro atoms. The van der Waals surface area contributed by atoms with Gasteiger partial charge in [-0.25, -0.2) is 0 Å². The predicted molar refractivity (Wildman–Crippen MR) is 70.7 cm³/mol. The average Bonchev–Trinajstić information content (AvgIpc) is 2.36. The minimum Gasteiger partial charge on any atom is -0.302 e. The van der Waals surface area contributed by atoms with Crippen LogP contribution < -0.4 is 0 Å². The second-order valence-electron chi connectivity index (χ2n) is 4.76. The highest BCUT2D eigenvalue weighted by Crippen LogP contribution is 2.29. The van der Waals surface area contributed by atoms with Gasteiger partial charge in [0.1, 0.15) is 0 Å². The number of hydrogen-bond acceptors (Lipinski definition) is 1. The number of likely N-dealkylation sites (N-methyl/N-ethyl adjacent to an activating group) is 1. The van der Waals surface area contributed by atoms with Gasteiger partial charge in [-0.3, -0.25) is 0 Å². The molecule has 102 valence electrons. The normalized spacial score (nSPS) is 17.8. The molecule has 0 aliphatic carbocycles. The van der Waals surface area contributed by atoms with Gasteiger partial charge in [0.15, 0.2) is 0 Å². The quantitative estimate of drug-likeness (QED) is 0.783. The monoisotopic (exact) mass is 267 g/mol. The van der Waals surface area contributed by atoms with Crippen molar-refractivity contribution in [1.29, 1.82) is 0 Å². The van der Waals surface area contributed by atoms with Crippen molar-refractivity contribution >= 4 is 6.08 Å². The molecule has 1 nitrogen and oxygen atoms in total. The molecule has 1 heterocycles. The van der Waals surface area contributed by atoms with E-state index in [0.717, 1.165) is 37.2 Å². The molecule has 0 N–H and O–H groups in total. The van der Waals surface area contributed by atoms with Crippen molar-refractivity contribution in [3.05, 3.63) is 53.1 Å². The zero-order valence-corrected chi connectivity index (χ0v) is 10.7. The fourth-order valence-corrected chi connectivity index (χ4v) is 2.03. The van der Waals surface area contributed by atoms with E-state index in [4.69, 9.17) is 0 Å². The summed E-state index contributed by atoms with van der Waals surface area (Å²) in [6.07, 6.45) is 2.74. The maximum Gasteiger partial charge on any atom is 0.416 e. The van der Waals surface area contributed by atoms with Crippen molar-refractivity contribution in [2.75, 3.05) is 20.1 Å². The van der Waals surface area contributed by atoms with Gasteiger partial charge >= 0.3 is 6.18 Å². The Morgan fingerprint density at radius 3 is 2.37 bits per heavy atom. The van der Waals surface area contributed by atoms with Gasteiger partial charge in [0.05, 0.1) is 5.56 Å². The van der Waals surface area contributed by atoms with E-state index < -0.39 is 11.7 Å². The topological polar surface area (TPSA) is 3.24 Å².